The highest BCUT2D eigenvalue weighted by atomic mass is 16.6. The van der Waals surface area contributed by atoms with Crippen LogP contribution in [0.15, 0.2) is 18.3 Å². The lowest BCUT2D eigenvalue weighted by Crippen LogP contribution is -2.43. The number of nitrogens with zero attached hydrogens (tertiary/aromatic N) is 3. The first-order valence-corrected chi connectivity index (χ1v) is 6.80. The maximum absolute atomic E-state index is 11.0. The van der Waals surface area contributed by atoms with Crippen molar-refractivity contribution in [1.82, 2.24) is 10.3 Å². The van der Waals surface area contributed by atoms with Crippen LogP contribution in [0.4, 0.5) is 11.5 Å². The Balaban J connectivity index is 2.14. The molecule has 0 aromatic carbocycles. The quantitative estimate of drug-likeness (QED) is 0.650. The normalized spacial score (nSPS) is 19.1. The molecule has 0 amide bonds. The highest BCUT2D eigenvalue weighted by Crippen LogP contribution is 2.25. The minimum Gasteiger partial charge on any atom is -0.363 e. The van der Waals surface area contributed by atoms with E-state index in [1.54, 1.807) is 12.1 Å². The van der Waals surface area contributed by atoms with E-state index in [0.717, 1.165) is 26.1 Å². The molecule has 6 heteroatoms. The second kappa shape index (κ2) is 6.47. The van der Waals surface area contributed by atoms with E-state index in [-0.39, 0.29) is 5.82 Å². The van der Waals surface area contributed by atoms with Crippen LogP contribution < -0.4 is 10.2 Å². The summed E-state index contributed by atoms with van der Waals surface area (Å²) in [6.07, 6.45) is 5.04. The van der Waals surface area contributed by atoms with Gasteiger partial charge in [-0.25, -0.2) is 0 Å². The molecule has 1 aliphatic rings. The molecule has 104 valence electrons. The summed E-state index contributed by atoms with van der Waals surface area (Å²) in [5.41, 5.74) is 0.613. The molecule has 1 unspecified atom stereocenters. The average Bonchev–Trinajstić information content (AvgIpc) is 2.46. The summed E-state index contributed by atoms with van der Waals surface area (Å²) in [4.78, 5) is 16.5. The predicted molar refractivity (Wildman–Crippen MR) is 74.4 cm³/mol. The molecule has 0 aliphatic carbocycles. The van der Waals surface area contributed by atoms with Crippen LogP contribution in [-0.4, -0.2) is 35.6 Å². The molecule has 1 aromatic rings. The topological polar surface area (TPSA) is 71.3 Å². The van der Waals surface area contributed by atoms with E-state index in [1.165, 1.54) is 19.0 Å². The number of hydrogen-bond donors (Lipinski definition) is 1. The van der Waals surface area contributed by atoms with E-state index in [2.05, 4.69) is 10.3 Å². The second-order valence-electron chi connectivity index (χ2n) is 4.79. The fourth-order valence-corrected chi connectivity index (χ4v) is 2.52. The number of aromatic nitrogens is 1. The molecule has 1 atom stereocenters. The molecule has 6 nitrogen and oxygen atoms in total. The fourth-order valence-electron chi connectivity index (χ4n) is 2.52. The van der Waals surface area contributed by atoms with Crippen LogP contribution in [0.2, 0.25) is 0 Å². The summed E-state index contributed by atoms with van der Waals surface area (Å²) in [5.74, 6) is -0.0554. The molecule has 0 radical (unpaired) electrons. The van der Waals surface area contributed by atoms with Gasteiger partial charge in [-0.1, -0.05) is 6.42 Å². The van der Waals surface area contributed by atoms with E-state index in [1.807, 2.05) is 11.8 Å². The Hall–Kier alpha value is -1.69. The largest absolute Gasteiger partial charge is 0.387 e. The van der Waals surface area contributed by atoms with Crippen molar-refractivity contribution < 1.29 is 4.92 Å². The summed E-state index contributed by atoms with van der Waals surface area (Å²) in [5, 5.41) is 14.5. The molecule has 1 saturated heterocycles. The van der Waals surface area contributed by atoms with Crippen LogP contribution in [0.1, 0.15) is 26.2 Å². The van der Waals surface area contributed by atoms with Gasteiger partial charge in [0.2, 0.25) is 0 Å². The van der Waals surface area contributed by atoms with Crippen molar-refractivity contribution in [2.75, 3.05) is 24.5 Å². The molecule has 1 fully saturated rings. The molecule has 1 aliphatic heterocycles. The monoisotopic (exact) mass is 264 g/mol. The predicted octanol–water partition coefficient (Wildman–Crippen LogP) is 1.96. The molecule has 0 spiro atoms. The van der Waals surface area contributed by atoms with E-state index in [4.69, 9.17) is 0 Å². The maximum Gasteiger partial charge on any atom is 0.387 e. The van der Waals surface area contributed by atoms with Crippen molar-refractivity contribution in [1.29, 1.82) is 0 Å². The molecular formula is C13H20N4O2. The Morgan fingerprint density at radius 2 is 2.42 bits per heavy atom. The SMILES string of the molecule is CCN(CC1CCCCN1)c1cccnc1[N+](=O)[O-]. The smallest absolute Gasteiger partial charge is 0.363 e. The zero-order valence-corrected chi connectivity index (χ0v) is 11.2. The zero-order chi connectivity index (χ0) is 13.7. The van der Waals surface area contributed by atoms with Gasteiger partial charge >= 0.3 is 5.82 Å². The summed E-state index contributed by atoms with van der Waals surface area (Å²) in [6.45, 7) is 4.59. The minimum absolute atomic E-state index is 0.0554. The number of rotatable bonds is 5. The Morgan fingerprint density at radius 3 is 3.05 bits per heavy atom. The van der Waals surface area contributed by atoms with Gasteiger partial charge in [-0.15, -0.1) is 0 Å². The van der Waals surface area contributed by atoms with Crippen LogP contribution in [0.5, 0.6) is 0 Å². The number of nitrogens with one attached hydrogen (secondary N) is 1. The van der Waals surface area contributed by atoms with E-state index >= 15 is 0 Å². The van der Waals surface area contributed by atoms with Crippen molar-refractivity contribution >= 4 is 11.5 Å². The first-order chi connectivity index (χ1) is 9.22. The first-order valence-electron chi connectivity index (χ1n) is 6.80. The highest BCUT2D eigenvalue weighted by molar-refractivity contribution is 5.58. The van der Waals surface area contributed by atoms with Crippen LogP contribution >= 0.6 is 0 Å². The standard InChI is InChI=1S/C13H20N4O2/c1-2-16(10-11-6-3-4-8-14-11)12-7-5-9-15-13(12)17(18)19/h5,7,9,11,14H,2-4,6,8,10H2,1H3. The lowest BCUT2D eigenvalue weighted by atomic mass is 10.0. The molecule has 0 saturated carbocycles. The Bertz CT molecular complexity index is 432. The van der Waals surface area contributed by atoms with Gasteiger partial charge < -0.3 is 20.3 Å². The number of piperidine rings is 1. The lowest BCUT2D eigenvalue weighted by Gasteiger charge is -2.30. The van der Waals surface area contributed by atoms with Crippen molar-refractivity contribution in [3.8, 4) is 0 Å². The van der Waals surface area contributed by atoms with Crippen LogP contribution in [0.3, 0.4) is 0 Å². The van der Waals surface area contributed by atoms with Crippen molar-refractivity contribution in [3.05, 3.63) is 28.4 Å². The van der Waals surface area contributed by atoms with Gasteiger partial charge in [0.25, 0.3) is 0 Å². The number of pyridine rings is 1. The average molecular weight is 264 g/mol. The van der Waals surface area contributed by atoms with Crippen molar-refractivity contribution in [3.63, 3.8) is 0 Å². The molecular weight excluding hydrogens is 244 g/mol. The van der Waals surface area contributed by atoms with Gasteiger partial charge in [0.05, 0.1) is 0 Å². The fraction of sp³-hybridized carbons (Fsp3) is 0.615. The first kappa shape index (κ1) is 13.7. The van der Waals surface area contributed by atoms with Gasteiger partial charge in [0, 0.05) is 19.1 Å². The molecule has 0 bridgehead atoms. The molecule has 2 heterocycles. The van der Waals surface area contributed by atoms with Gasteiger partial charge in [0.1, 0.15) is 11.9 Å². The number of hydrogen-bond acceptors (Lipinski definition) is 5. The van der Waals surface area contributed by atoms with E-state index in [0.29, 0.717) is 11.7 Å². The van der Waals surface area contributed by atoms with Crippen molar-refractivity contribution in [2.45, 2.75) is 32.2 Å². The van der Waals surface area contributed by atoms with Crippen LogP contribution in [-0.2, 0) is 0 Å². The Morgan fingerprint density at radius 1 is 1.58 bits per heavy atom. The Kier molecular flexibility index (Phi) is 4.68. The second-order valence-corrected chi connectivity index (χ2v) is 4.79. The number of likely N-dealkylation sites (N-methyl/N-ethyl adjacent to an activating group) is 1. The van der Waals surface area contributed by atoms with E-state index in [9.17, 15) is 10.1 Å². The van der Waals surface area contributed by atoms with E-state index < -0.39 is 4.92 Å². The number of anilines is 1. The third-order valence-electron chi connectivity index (χ3n) is 3.51. The maximum atomic E-state index is 11.0. The summed E-state index contributed by atoms with van der Waals surface area (Å²) in [7, 11) is 0. The molecule has 1 N–H and O–H groups in total. The molecule has 1 aromatic heterocycles. The summed E-state index contributed by atoms with van der Waals surface area (Å²) < 4.78 is 0. The third-order valence-corrected chi connectivity index (χ3v) is 3.51. The minimum atomic E-state index is -0.410. The van der Waals surface area contributed by atoms with Gasteiger partial charge in [-0.2, -0.15) is 0 Å². The molecule has 2 rings (SSSR count). The lowest BCUT2D eigenvalue weighted by molar-refractivity contribution is -0.388. The Labute approximate surface area is 113 Å². The zero-order valence-electron chi connectivity index (χ0n) is 11.2. The summed E-state index contributed by atoms with van der Waals surface area (Å²) >= 11 is 0. The van der Waals surface area contributed by atoms with Crippen molar-refractivity contribution in [2.24, 2.45) is 0 Å². The summed E-state index contributed by atoms with van der Waals surface area (Å²) in [6, 6.07) is 3.94. The molecule has 19 heavy (non-hydrogen) atoms. The van der Waals surface area contributed by atoms with Gasteiger partial charge in [-0.3, -0.25) is 0 Å². The van der Waals surface area contributed by atoms with Gasteiger partial charge in [-0.05, 0) is 48.4 Å². The van der Waals surface area contributed by atoms with Gasteiger partial charge in [0.15, 0.2) is 0 Å². The van der Waals surface area contributed by atoms with Crippen LogP contribution in [0, 0.1) is 10.1 Å². The highest BCUT2D eigenvalue weighted by Gasteiger charge is 2.22. The van der Waals surface area contributed by atoms with Crippen LogP contribution in [0.25, 0.3) is 0 Å². The third kappa shape index (κ3) is 3.41. The number of nitro groups is 1.